The predicted molar refractivity (Wildman–Crippen MR) is 75.6 cm³/mol. The topological polar surface area (TPSA) is 63.4 Å². The lowest BCUT2D eigenvalue weighted by Crippen LogP contribution is -2.29. The molecule has 1 aliphatic rings. The second kappa shape index (κ2) is 4.56. The fourth-order valence-electron chi connectivity index (χ4n) is 2.40. The third kappa shape index (κ3) is 1.96. The van der Waals surface area contributed by atoms with E-state index in [1.54, 1.807) is 19.1 Å². The van der Waals surface area contributed by atoms with Gasteiger partial charge in [0, 0.05) is 10.5 Å². The molecule has 0 spiro atoms. The van der Waals surface area contributed by atoms with Gasteiger partial charge in [0.2, 0.25) is 0 Å². The molecule has 1 aromatic heterocycles. The van der Waals surface area contributed by atoms with E-state index in [1.165, 1.54) is 4.90 Å². The van der Waals surface area contributed by atoms with Gasteiger partial charge in [-0.3, -0.25) is 14.5 Å². The first-order valence-corrected chi connectivity index (χ1v) is 6.85. The molecular weight excluding hydrogens is 324 g/mol. The number of halogens is 1. The molecule has 3 rings (SSSR count). The zero-order valence-electron chi connectivity index (χ0n) is 10.9. The Labute approximate surface area is 123 Å². The number of aromatic nitrogens is 1. The van der Waals surface area contributed by atoms with Gasteiger partial charge < -0.3 is 4.52 Å². The van der Waals surface area contributed by atoms with Crippen molar-refractivity contribution in [1.29, 1.82) is 0 Å². The van der Waals surface area contributed by atoms with Crippen LogP contribution in [-0.2, 0) is 11.3 Å². The van der Waals surface area contributed by atoms with E-state index in [4.69, 9.17) is 4.52 Å². The lowest BCUT2D eigenvalue weighted by atomic mass is 10.1. The van der Waals surface area contributed by atoms with Gasteiger partial charge >= 0.3 is 0 Å². The first kappa shape index (κ1) is 13.1. The summed E-state index contributed by atoms with van der Waals surface area (Å²) in [7, 11) is 0. The number of anilines is 1. The third-order valence-electron chi connectivity index (χ3n) is 3.21. The summed E-state index contributed by atoms with van der Waals surface area (Å²) in [6, 6.07) is 5.31. The van der Waals surface area contributed by atoms with Gasteiger partial charge in [-0.05, 0) is 31.5 Å². The van der Waals surface area contributed by atoms with Crippen molar-refractivity contribution in [3.8, 4) is 0 Å². The van der Waals surface area contributed by atoms with E-state index < -0.39 is 11.7 Å². The van der Waals surface area contributed by atoms with E-state index in [-0.39, 0.29) is 6.54 Å². The van der Waals surface area contributed by atoms with E-state index in [2.05, 4.69) is 21.1 Å². The van der Waals surface area contributed by atoms with Gasteiger partial charge in [0.1, 0.15) is 0 Å². The number of benzene rings is 1. The average Bonchev–Trinajstić information content (AvgIpc) is 2.88. The normalized spacial score (nSPS) is 14.1. The molecule has 0 bridgehead atoms. The molecule has 1 aliphatic heterocycles. The first-order valence-electron chi connectivity index (χ1n) is 6.06. The Balaban J connectivity index is 2.06. The molecule has 0 aliphatic carbocycles. The van der Waals surface area contributed by atoms with Crippen LogP contribution in [-0.4, -0.2) is 16.8 Å². The molecule has 20 heavy (non-hydrogen) atoms. The number of Topliss-reactive ketones (excluding diaryl/α,β-unsaturated/α-hetero) is 1. The van der Waals surface area contributed by atoms with Crippen molar-refractivity contribution in [3.05, 3.63) is 45.3 Å². The summed E-state index contributed by atoms with van der Waals surface area (Å²) in [4.78, 5) is 25.6. The molecule has 2 aromatic rings. The van der Waals surface area contributed by atoms with E-state index in [9.17, 15) is 9.59 Å². The van der Waals surface area contributed by atoms with Crippen LogP contribution in [0.4, 0.5) is 5.69 Å². The molecule has 2 heterocycles. The average molecular weight is 335 g/mol. The van der Waals surface area contributed by atoms with Crippen LogP contribution in [0.5, 0.6) is 0 Å². The largest absolute Gasteiger partial charge is 0.359 e. The predicted octanol–water partition coefficient (Wildman–Crippen LogP) is 2.78. The smallest absolute Gasteiger partial charge is 0.299 e. The van der Waals surface area contributed by atoms with Crippen molar-refractivity contribution < 1.29 is 14.1 Å². The van der Waals surface area contributed by atoms with Gasteiger partial charge in [-0.25, -0.2) is 0 Å². The van der Waals surface area contributed by atoms with E-state index in [0.29, 0.717) is 17.0 Å². The number of carbonyl (C=O) groups excluding carboxylic acids is 2. The SMILES string of the molecule is Cc1cc(CN2C(=O)C(=O)c3cc(Br)cc(C)c32)on1. The lowest BCUT2D eigenvalue weighted by molar-refractivity contribution is -0.114. The zero-order chi connectivity index (χ0) is 14.4. The number of rotatable bonds is 2. The summed E-state index contributed by atoms with van der Waals surface area (Å²) in [5, 5.41) is 3.79. The minimum absolute atomic E-state index is 0.209. The third-order valence-corrected chi connectivity index (χ3v) is 3.67. The van der Waals surface area contributed by atoms with Crippen molar-refractivity contribution >= 4 is 33.3 Å². The highest BCUT2D eigenvalue weighted by atomic mass is 79.9. The number of carbonyl (C=O) groups is 2. The van der Waals surface area contributed by atoms with Crippen LogP contribution in [0.3, 0.4) is 0 Å². The van der Waals surface area contributed by atoms with Gasteiger partial charge in [-0.1, -0.05) is 21.1 Å². The number of hydrogen-bond donors (Lipinski definition) is 0. The molecule has 1 aromatic carbocycles. The summed E-state index contributed by atoms with van der Waals surface area (Å²) >= 11 is 3.34. The number of ketones is 1. The maximum Gasteiger partial charge on any atom is 0.299 e. The Morgan fingerprint density at radius 2 is 2.00 bits per heavy atom. The van der Waals surface area contributed by atoms with Crippen LogP contribution in [0, 0.1) is 13.8 Å². The van der Waals surface area contributed by atoms with Crippen LogP contribution in [0.15, 0.2) is 27.2 Å². The summed E-state index contributed by atoms with van der Waals surface area (Å²) < 4.78 is 5.91. The second-order valence-corrected chi connectivity index (χ2v) is 5.69. The van der Waals surface area contributed by atoms with Crippen molar-refractivity contribution in [2.45, 2.75) is 20.4 Å². The van der Waals surface area contributed by atoms with Gasteiger partial charge in [0.05, 0.1) is 23.5 Å². The van der Waals surface area contributed by atoms with Crippen molar-refractivity contribution in [2.75, 3.05) is 4.90 Å². The summed E-state index contributed by atoms with van der Waals surface area (Å²) in [5.74, 6) is -0.463. The quantitative estimate of drug-likeness (QED) is 0.792. The Morgan fingerprint density at radius 3 is 2.65 bits per heavy atom. The van der Waals surface area contributed by atoms with Gasteiger partial charge in [0.25, 0.3) is 11.7 Å². The first-order chi connectivity index (χ1) is 9.47. The molecule has 0 N–H and O–H groups in total. The van der Waals surface area contributed by atoms with Crippen molar-refractivity contribution in [1.82, 2.24) is 5.16 Å². The van der Waals surface area contributed by atoms with Crippen LogP contribution >= 0.6 is 15.9 Å². The maximum atomic E-state index is 12.1. The summed E-state index contributed by atoms with van der Waals surface area (Å²) in [5.41, 5.74) is 2.69. The Morgan fingerprint density at radius 1 is 1.25 bits per heavy atom. The molecule has 0 unspecified atom stereocenters. The second-order valence-electron chi connectivity index (χ2n) is 4.77. The molecule has 0 radical (unpaired) electrons. The summed E-state index contributed by atoms with van der Waals surface area (Å²) in [6.07, 6.45) is 0. The molecule has 0 saturated heterocycles. The molecular formula is C14H11BrN2O3. The highest BCUT2D eigenvalue weighted by Crippen LogP contribution is 2.35. The maximum absolute atomic E-state index is 12.1. The molecule has 5 nitrogen and oxygen atoms in total. The Kier molecular flexibility index (Phi) is 2.97. The number of nitrogens with zero attached hydrogens (tertiary/aromatic N) is 2. The number of fused-ring (bicyclic) bond motifs is 1. The molecule has 0 fully saturated rings. The molecule has 6 heteroatoms. The highest BCUT2D eigenvalue weighted by molar-refractivity contribution is 9.10. The fraction of sp³-hybridized carbons (Fsp3) is 0.214. The summed E-state index contributed by atoms with van der Waals surface area (Å²) in [6.45, 7) is 3.88. The van der Waals surface area contributed by atoms with Gasteiger partial charge in [0.15, 0.2) is 5.76 Å². The highest BCUT2D eigenvalue weighted by Gasteiger charge is 2.37. The Bertz CT molecular complexity index is 736. The van der Waals surface area contributed by atoms with E-state index in [1.807, 2.05) is 13.0 Å². The van der Waals surface area contributed by atoms with Gasteiger partial charge in [-0.15, -0.1) is 0 Å². The van der Waals surface area contributed by atoms with Crippen molar-refractivity contribution in [3.63, 3.8) is 0 Å². The van der Waals surface area contributed by atoms with Crippen LogP contribution < -0.4 is 4.90 Å². The number of amides is 1. The minimum atomic E-state index is -0.532. The van der Waals surface area contributed by atoms with E-state index >= 15 is 0 Å². The zero-order valence-corrected chi connectivity index (χ0v) is 12.5. The fourth-order valence-corrected chi connectivity index (χ4v) is 2.98. The molecule has 0 saturated carbocycles. The minimum Gasteiger partial charge on any atom is -0.359 e. The van der Waals surface area contributed by atoms with Crippen LogP contribution in [0.25, 0.3) is 0 Å². The molecule has 0 atom stereocenters. The van der Waals surface area contributed by atoms with E-state index in [0.717, 1.165) is 15.7 Å². The lowest BCUT2D eigenvalue weighted by Gasteiger charge is -2.16. The van der Waals surface area contributed by atoms with Gasteiger partial charge in [-0.2, -0.15) is 0 Å². The Hall–Kier alpha value is -1.95. The molecule has 102 valence electrons. The van der Waals surface area contributed by atoms with Crippen molar-refractivity contribution in [2.24, 2.45) is 0 Å². The monoisotopic (exact) mass is 334 g/mol. The number of aryl methyl sites for hydroxylation is 2. The molecule has 1 amide bonds. The standard InChI is InChI=1S/C14H11BrN2O3/c1-7-3-9(15)5-11-12(7)17(14(19)13(11)18)6-10-4-8(2)16-20-10/h3-5H,6H2,1-2H3. The number of hydrogen-bond acceptors (Lipinski definition) is 4. The van der Waals surface area contributed by atoms with Crippen LogP contribution in [0.2, 0.25) is 0 Å². The van der Waals surface area contributed by atoms with Crippen LogP contribution in [0.1, 0.15) is 27.4 Å².